The second-order valence-electron chi connectivity index (χ2n) is 11.8. The van der Waals surface area contributed by atoms with E-state index in [1.54, 1.807) is 12.3 Å². The van der Waals surface area contributed by atoms with Crippen molar-refractivity contribution in [2.75, 3.05) is 39.4 Å². The third kappa shape index (κ3) is 6.02. The van der Waals surface area contributed by atoms with Crippen LogP contribution in [0.2, 0.25) is 0 Å². The van der Waals surface area contributed by atoms with Crippen LogP contribution < -0.4 is 0 Å². The zero-order chi connectivity index (χ0) is 27.6. The Kier molecular flexibility index (Phi) is 8.33. The maximum atomic E-state index is 13.9. The molecule has 2 amide bonds. The van der Waals surface area contributed by atoms with Crippen molar-refractivity contribution >= 4 is 11.8 Å². The average molecular weight is 537 g/mol. The lowest BCUT2D eigenvalue weighted by Gasteiger charge is -2.50. The Bertz CT molecular complexity index is 1160. The van der Waals surface area contributed by atoms with Crippen molar-refractivity contribution in [3.8, 4) is 0 Å². The maximum absolute atomic E-state index is 13.9. The molecule has 3 fully saturated rings. The van der Waals surface area contributed by atoms with Crippen LogP contribution in [0.15, 0.2) is 36.5 Å². The summed E-state index contributed by atoms with van der Waals surface area (Å²) in [5.41, 5.74) is 3.35. The number of carbonyl (C=O) groups excluding carboxylic acids is 2. The number of aryl methyl sites for hydroxylation is 2. The summed E-state index contributed by atoms with van der Waals surface area (Å²) in [5, 5.41) is 0. The van der Waals surface area contributed by atoms with Crippen molar-refractivity contribution in [1.29, 1.82) is 0 Å². The fraction of sp³-hybridized carbons (Fsp3) is 0.581. The van der Waals surface area contributed by atoms with Crippen molar-refractivity contribution in [2.24, 2.45) is 5.92 Å². The van der Waals surface area contributed by atoms with Crippen LogP contribution >= 0.6 is 0 Å². The Hall–Kier alpha value is -2.84. The second-order valence-corrected chi connectivity index (χ2v) is 11.8. The van der Waals surface area contributed by atoms with Crippen LogP contribution in [-0.2, 0) is 16.1 Å². The summed E-state index contributed by atoms with van der Waals surface area (Å²) in [6.45, 7) is 11.0. The number of pyridine rings is 1. The van der Waals surface area contributed by atoms with Crippen molar-refractivity contribution < 1.29 is 18.7 Å². The van der Waals surface area contributed by atoms with E-state index in [1.807, 2.05) is 35.8 Å². The molecule has 3 saturated heterocycles. The first-order valence-electron chi connectivity index (χ1n) is 14.3. The first kappa shape index (κ1) is 27.7. The molecule has 0 saturated carbocycles. The molecule has 1 aromatic heterocycles. The molecular weight excluding hydrogens is 495 g/mol. The van der Waals surface area contributed by atoms with Crippen LogP contribution in [0.3, 0.4) is 0 Å². The molecule has 0 spiro atoms. The van der Waals surface area contributed by atoms with Gasteiger partial charge in [0.25, 0.3) is 5.91 Å². The van der Waals surface area contributed by atoms with Crippen LogP contribution in [0.1, 0.15) is 66.2 Å². The number of halogens is 1. The van der Waals surface area contributed by atoms with Gasteiger partial charge in [0.2, 0.25) is 5.91 Å². The summed E-state index contributed by atoms with van der Waals surface area (Å²) < 4.78 is 19.4. The Morgan fingerprint density at radius 1 is 1.10 bits per heavy atom. The van der Waals surface area contributed by atoms with Gasteiger partial charge in [-0.25, -0.2) is 4.39 Å². The van der Waals surface area contributed by atoms with Gasteiger partial charge in [-0.15, -0.1) is 0 Å². The molecule has 0 aliphatic carbocycles. The van der Waals surface area contributed by atoms with E-state index in [1.165, 1.54) is 12.1 Å². The van der Waals surface area contributed by atoms with Gasteiger partial charge in [-0.05, 0) is 82.2 Å². The van der Waals surface area contributed by atoms with Crippen LogP contribution in [0.25, 0.3) is 0 Å². The largest absolute Gasteiger partial charge is 0.381 e. The fourth-order valence-electron chi connectivity index (χ4n) is 6.58. The monoisotopic (exact) mass is 536 g/mol. The quantitative estimate of drug-likeness (QED) is 0.549. The Morgan fingerprint density at radius 3 is 2.49 bits per heavy atom. The van der Waals surface area contributed by atoms with E-state index in [2.05, 4.69) is 16.8 Å². The summed E-state index contributed by atoms with van der Waals surface area (Å²) in [7, 11) is 0. The molecule has 5 rings (SSSR count). The number of hydrogen-bond acceptors (Lipinski definition) is 5. The lowest BCUT2D eigenvalue weighted by molar-refractivity contribution is -0.140. The molecular formula is C31H41FN4O3. The van der Waals surface area contributed by atoms with Crippen molar-refractivity contribution in [3.63, 3.8) is 0 Å². The number of likely N-dealkylation sites (tertiary alicyclic amines) is 2. The maximum Gasteiger partial charge on any atom is 0.255 e. The number of rotatable bonds is 6. The molecule has 210 valence electrons. The smallest absolute Gasteiger partial charge is 0.255 e. The zero-order valence-corrected chi connectivity index (χ0v) is 23.5. The van der Waals surface area contributed by atoms with Crippen molar-refractivity contribution in [3.05, 3.63) is 64.7 Å². The molecule has 39 heavy (non-hydrogen) atoms. The highest BCUT2D eigenvalue weighted by atomic mass is 19.1. The molecule has 0 radical (unpaired) electrons. The number of nitrogens with zero attached hydrogens (tertiary/aromatic N) is 4. The summed E-state index contributed by atoms with van der Waals surface area (Å²) in [6.07, 6.45) is 6.14. The van der Waals surface area contributed by atoms with E-state index < -0.39 is 0 Å². The molecule has 1 unspecified atom stereocenters. The minimum absolute atomic E-state index is 0.0253. The molecule has 4 heterocycles. The molecule has 0 bridgehead atoms. The number of benzene rings is 1. The lowest BCUT2D eigenvalue weighted by atomic mass is 9.85. The molecule has 0 N–H and O–H groups in total. The van der Waals surface area contributed by atoms with Crippen LogP contribution in [0.4, 0.5) is 4.39 Å². The molecule has 3 aliphatic rings. The molecule has 2 aromatic rings. The Labute approximate surface area is 231 Å². The normalized spacial score (nSPS) is 22.2. The summed E-state index contributed by atoms with van der Waals surface area (Å²) in [4.78, 5) is 37.7. The number of amides is 2. The third-order valence-corrected chi connectivity index (χ3v) is 9.16. The highest BCUT2D eigenvalue weighted by Crippen LogP contribution is 2.34. The van der Waals surface area contributed by atoms with Crippen LogP contribution in [0, 0.1) is 25.6 Å². The summed E-state index contributed by atoms with van der Waals surface area (Å²) in [5.74, 6) is -0.163. The van der Waals surface area contributed by atoms with E-state index in [0.717, 1.165) is 80.7 Å². The van der Waals surface area contributed by atoms with E-state index in [9.17, 15) is 14.0 Å². The number of piperidine rings is 2. The highest BCUT2D eigenvalue weighted by molar-refractivity contribution is 5.96. The summed E-state index contributed by atoms with van der Waals surface area (Å²) in [6, 6.07) is 8.61. The van der Waals surface area contributed by atoms with Gasteiger partial charge in [0.1, 0.15) is 5.82 Å². The second kappa shape index (κ2) is 11.7. The predicted octanol–water partition coefficient (Wildman–Crippen LogP) is 4.36. The highest BCUT2D eigenvalue weighted by Gasteiger charge is 2.41. The van der Waals surface area contributed by atoms with Gasteiger partial charge in [-0.1, -0.05) is 12.1 Å². The van der Waals surface area contributed by atoms with Crippen molar-refractivity contribution in [1.82, 2.24) is 19.7 Å². The number of carbonyl (C=O) groups is 2. The number of aromatic nitrogens is 1. The van der Waals surface area contributed by atoms with E-state index >= 15 is 0 Å². The Morgan fingerprint density at radius 2 is 1.85 bits per heavy atom. The predicted molar refractivity (Wildman–Crippen MR) is 148 cm³/mol. The average Bonchev–Trinajstić information content (AvgIpc) is 3.47. The molecule has 1 atom stereocenters. The number of hydrogen-bond donors (Lipinski definition) is 0. The molecule has 8 heteroatoms. The summed E-state index contributed by atoms with van der Waals surface area (Å²) >= 11 is 0. The van der Waals surface area contributed by atoms with Crippen LogP contribution in [-0.4, -0.2) is 82.5 Å². The van der Waals surface area contributed by atoms with Gasteiger partial charge in [0.05, 0.1) is 23.8 Å². The van der Waals surface area contributed by atoms with Crippen LogP contribution in [0.5, 0.6) is 0 Å². The van der Waals surface area contributed by atoms with E-state index in [4.69, 9.17) is 4.74 Å². The first-order valence-corrected chi connectivity index (χ1v) is 14.3. The topological polar surface area (TPSA) is 66.0 Å². The van der Waals surface area contributed by atoms with Gasteiger partial charge in [-0.3, -0.25) is 19.5 Å². The SMILES string of the molecule is Cc1ccnc(C)c1C(=O)N1CCC(C)(N2CCC(N(Cc3cccc(F)c3)C(=O)C3CCOC3)CC2)CC1. The van der Waals surface area contributed by atoms with Gasteiger partial charge >= 0.3 is 0 Å². The van der Waals surface area contributed by atoms with E-state index in [0.29, 0.717) is 19.8 Å². The fourth-order valence-corrected chi connectivity index (χ4v) is 6.58. The molecule has 3 aliphatic heterocycles. The molecule has 7 nitrogen and oxygen atoms in total. The van der Waals surface area contributed by atoms with Crippen molar-refractivity contribution in [2.45, 2.75) is 71.0 Å². The minimum Gasteiger partial charge on any atom is -0.381 e. The molecule has 1 aromatic carbocycles. The van der Waals surface area contributed by atoms with Gasteiger partial charge in [0, 0.05) is 57.1 Å². The van der Waals surface area contributed by atoms with Gasteiger partial charge in [-0.2, -0.15) is 0 Å². The Balaban J connectivity index is 1.21. The first-order chi connectivity index (χ1) is 18.7. The zero-order valence-electron chi connectivity index (χ0n) is 23.5. The van der Waals surface area contributed by atoms with E-state index in [-0.39, 0.29) is 35.1 Å². The minimum atomic E-state index is -0.273. The van der Waals surface area contributed by atoms with Gasteiger partial charge < -0.3 is 14.5 Å². The number of ether oxygens (including phenoxy) is 1. The van der Waals surface area contributed by atoms with Gasteiger partial charge in [0.15, 0.2) is 0 Å². The standard InChI is InChI=1S/C31H41FN4O3/c1-22-7-13-33-23(2)28(22)30(38)34-16-11-31(3,12-17-34)35-14-8-27(9-15-35)36(29(37)25-10-18-39-21-25)20-24-5-4-6-26(32)19-24/h4-7,13,19,25,27H,8-12,14-18,20-21H2,1-3H3. The third-order valence-electron chi connectivity index (χ3n) is 9.16. The lowest BCUT2D eigenvalue weighted by Crippen LogP contribution is -2.58.